The highest BCUT2D eigenvalue weighted by molar-refractivity contribution is 4.87. The van der Waals surface area contributed by atoms with Gasteiger partial charge in [0.2, 0.25) is 0 Å². The largest absolute Gasteiger partial charge is 0.394 e. The maximum absolute atomic E-state index is 9.12. The quantitative estimate of drug-likeness (QED) is 0.290. The molecule has 0 aromatic rings. The van der Waals surface area contributed by atoms with E-state index in [4.69, 9.17) is 25.5 Å². The summed E-state index contributed by atoms with van der Waals surface area (Å²) in [5.41, 5.74) is 0. The highest BCUT2D eigenvalue weighted by Gasteiger charge is 2.42. The van der Waals surface area contributed by atoms with E-state index in [0.29, 0.717) is 0 Å². The first-order chi connectivity index (χ1) is 5.57. The van der Waals surface area contributed by atoms with Crippen LogP contribution in [0.5, 0.6) is 0 Å². The zero-order valence-corrected chi connectivity index (χ0v) is 6.24. The van der Waals surface area contributed by atoms with E-state index in [0.717, 1.165) is 0 Å². The fourth-order valence-electron chi connectivity index (χ4n) is 1.08. The molecule has 1 saturated heterocycles. The predicted octanol–water partition coefficient (Wildman–Crippen LogP) is -3.22. The van der Waals surface area contributed by atoms with E-state index in [1.54, 1.807) is 0 Å². The van der Waals surface area contributed by atoms with Crippen molar-refractivity contribution < 1.29 is 30.3 Å². The molecule has 6 nitrogen and oxygen atoms in total. The Bertz CT molecular complexity index is 146. The Labute approximate surface area is 68.6 Å². The van der Waals surface area contributed by atoms with Crippen LogP contribution < -0.4 is 0 Å². The first-order valence-electron chi connectivity index (χ1n) is 3.56. The Morgan fingerprint density at radius 1 is 0.917 bits per heavy atom. The Morgan fingerprint density at radius 2 is 1.50 bits per heavy atom. The van der Waals surface area contributed by atoms with Crippen LogP contribution in [0, 0.1) is 0 Å². The Hall–Kier alpha value is -0.240. The second-order valence-corrected chi connectivity index (χ2v) is 2.72. The van der Waals surface area contributed by atoms with Gasteiger partial charge in [0, 0.05) is 0 Å². The van der Waals surface area contributed by atoms with E-state index >= 15 is 0 Å². The van der Waals surface area contributed by atoms with E-state index in [1.807, 2.05) is 0 Å². The molecule has 0 radical (unpaired) electrons. The van der Waals surface area contributed by atoms with Crippen LogP contribution in [0.25, 0.3) is 0 Å². The van der Waals surface area contributed by atoms with Crippen LogP contribution in [0.4, 0.5) is 0 Å². The first kappa shape index (κ1) is 9.85. The van der Waals surface area contributed by atoms with Gasteiger partial charge < -0.3 is 30.3 Å². The Kier molecular flexibility index (Phi) is 2.99. The fourth-order valence-corrected chi connectivity index (χ4v) is 1.08. The van der Waals surface area contributed by atoms with Crippen LogP contribution in [-0.2, 0) is 4.74 Å². The van der Waals surface area contributed by atoms with E-state index in [9.17, 15) is 0 Å². The molecular weight excluding hydrogens is 168 g/mol. The van der Waals surface area contributed by atoms with Gasteiger partial charge in [-0.05, 0) is 0 Å². The van der Waals surface area contributed by atoms with E-state index in [2.05, 4.69) is 4.74 Å². The summed E-state index contributed by atoms with van der Waals surface area (Å²) >= 11 is 0. The van der Waals surface area contributed by atoms with E-state index in [-0.39, 0.29) is 0 Å². The van der Waals surface area contributed by atoms with Crippen molar-refractivity contribution in [3.63, 3.8) is 0 Å². The molecule has 0 aliphatic carbocycles. The SMILES string of the molecule is OCC1O[C@H](O)[C@H](O)[C@H](O)[C@H]1O. The van der Waals surface area contributed by atoms with Crippen LogP contribution in [0.3, 0.4) is 0 Å². The third kappa shape index (κ3) is 1.58. The lowest BCUT2D eigenvalue weighted by Gasteiger charge is -2.37. The number of hydrogen-bond acceptors (Lipinski definition) is 6. The topological polar surface area (TPSA) is 110 Å². The summed E-state index contributed by atoms with van der Waals surface area (Å²) in [6.45, 7) is -0.526. The van der Waals surface area contributed by atoms with Gasteiger partial charge in [0.25, 0.3) is 0 Å². The van der Waals surface area contributed by atoms with Crippen molar-refractivity contribution in [1.82, 2.24) is 0 Å². The van der Waals surface area contributed by atoms with Crippen LogP contribution in [0.1, 0.15) is 0 Å². The lowest BCUT2D eigenvalue weighted by molar-refractivity contribution is -0.286. The summed E-state index contributed by atoms with van der Waals surface area (Å²) in [4.78, 5) is 0. The van der Waals surface area contributed by atoms with Crippen LogP contribution in [-0.4, -0.2) is 62.8 Å². The molecule has 1 aliphatic rings. The number of aliphatic hydroxyl groups excluding tert-OH is 5. The summed E-state index contributed by atoms with van der Waals surface area (Å²) in [7, 11) is 0. The maximum atomic E-state index is 9.12. The van der Waals surface area contributed by atoms with Gasteiger partial charge in [-0.25, -0.2) is 0 Å². The Morgan fingerprint density at radius 3 is 2.00 bits per heavy atom. The van der Waals surface area contributed by atoms with Gasteiger partial charge in [-0.15, -0.1) is 0 Å². The molecule has 1 rings (SSSR count). The molecule has 1 fully saturated rings. The van der Waals surface area contributed by atoms with Crippen molar-refractivity contribution in [1.29, 1.82) is 0 Å². The molecule has 0 spiro atoms. The molecule has 1 unspecified atom stereocenters. The van der Waals surface area contributed by atoms with Crippen LogP contribution >= 0.6 is 0 Å². The number of hydrogen-bond donors (Lipinski definition) is 5. The molecule has 5 N–H and O–H groups in total. The number of aliphatic hydroxyl groups is 5. The highest BCUT2D eigenvalue weighted by Crippen LogP contribution is 2.18. The van der Waals surface area contributed by atoms with Crippen molar-refractivity contribution in [3.8, 4) is 0 Å². The molecule has 0 bridgehead atoms. The number of rotatable bonds is 1. The fraction of sp³-hybridized carbons (Fsp3) is 1.00. The molecule has 5 atom stereocenters. The molecular formula is C6H12O6. The number of ether oxygens (including phenoxy) is 1. The van der Waals surface area contributed by atoms with E-state index in [1.165, 1.54) is 0 Å². The van der Waals surface area contributed by atoms with Crippen molar-refractivity contribution >= 4 is 0 Å². The molecule has 1 aliphatic heterocycles. The van der Waals surface area contributed by atoms with Crippen LogP contribution in [0.15, 0.2) is 0 Å². The first-order valence-corrected chi connectivity index (χ1v) is 3.56. The summed E-state index contributed by atoms with van der Waals surface area (Å²) in [5, 5.41) is 44.7. The second-order valence-electron chi connectivity index (χ2n) is 2.72. The van der Waals surface area contributed by atoms with Gasteiger partial charge in [0.15, 0.2) is 6.29 Å². The molecule has 1 heterocycles. The van der Waals surface area contributed by atoms with Crippen molar-refractivity contribution in [3.05, 3.63) is 0 Å². The second kappa shape index (κ2) is 3.65. The highest BCUT2D eigenvalue weighted by atomic mass is 16.6. The zero-order chi connectivity index (χ0) is 9.30. The minimum Gasteiger partial charge on any atom is -0.394 e. The summed E-state index contributed by atoms with van der Waals surface area (Å²) in [6, 6.07) is 0. The van der Waals surface area contributed by atoms with Gasteiger partial charge in [0.1, 0.15) is 24.4 Å². The third-order valence-electron chi connectivity index (χ3n) is 1.87. The smallest absolute Gasteiger partial charge is 0.184 e. The average Bonchev–Trinajstić information content (AvgIpc) is 2.08. The molecule has 0 aromatic carbocycles. The average molecular weight is 180 g/mol. The van der Waals surface area contributed by atoms with Crippen molar-refractivity contribution in [2.24, 2.45) is 0 Å². The third-order valence-corrected chi connectivity index (χ3v) is 1.87. The van der Waals surface area contributed by atoms with Crippen LogP contribution in [0.2, 0.25) is 0 Å². The normalized spacial score (nSPS) is 49.2. The molecule has 72 valence electrons. The summed E-state index contributed by atoms with van der Waals surface area (Å²) < 4.78 is 4.58. The van der Waals surface area contributed by atoms with Gasteiger partial charge in [-0.3, -0.25) is 0 Å². The van der Waals surface area contributed by atoms with Crippen molar-refractivity contribution in [2.45, 2.75) is 30.7 Å². The lowest BCUT2D eigenvalue weighted by Crippen LogP contribution is -2.58. The summed E-state index contributed by atoms with van der Waals surface area (Å²) in [6.07, 6.45) is -7.04. The predicted molar refractivity (Wildman–Crippen MR) is 36.0 cm³/mol. The monoisotopic (exact) mass is 180 g/mol. The molecule has 6 heteroatoms. The molecule has 12 heavy (non-hydrogen) atoms. The van der Waals surface area contributed by atoms with E-state index < -0.39 is 37.3 Å². The minimum absolute atomic E-state index is 0.526. The standard InChI is InChI=1S/C6H12O6/c7-1-2-3(8)4(9)5(10)6(11)12-2/h2-11H,1H2/t2?,3-,4+,5+,6-/m0/s1. The van der Waals surface area contributed by atoms with Gasteiger partial charge in [-0.2, -0.15) is 0 Å². The minimum atomic E-state index is -1.57. The van der Waals surface area contributed by atoms with Gasteiger partial charge >= 0.3 is 0 Å². The Balaban J connectivity index is 2.63. The molecule has 0 saturated carbocycles. The lowest BCUT2D eigenvalue weighted by atomic mass is 10.00. The molecule has 0 aromatic heterocycles. The summed E-state index contributed by atoms with van der Waals surface area (Å²) in [5.74, 6) is 0. The maximum Gasteiger partial charge on any atom is 0.184 e. The van der Waals surface area contributed by atoms with Gasteiger partial charge in [0.05, 0.1) is 6.61 Å². The van der Waals surface area contributed by atoms with Gasteiger partial charge in [-0.1, -0.05) is 0 Å². The zero-order valence-electron chi connectivity index (χ0n) is 6.24. The van der Waals surface area contributed by atoms with Crippen molar-refractivity contribution in [2.75, 3.05) is 6.61 Å². The molecule has 0 amide bonds.